The molecule has 0 spiro atoms. The van der Waals surface area contributed by atoms with Gasteiger partial charge in [-0.3, -0.25) is 0 Å². The number of ether oxygens (including phenoxy) is 3. The van der Waals surface area contributed by atoms with E-state index in [-0.39, 0.29) is 12.2 Å². The van der Waals surface area contributed by atoms with E-state index in [1.807, 2.05) is 0 Å². The first-order valence-electron chi connectivity index (χ1n) is 3.46. The zero-order valence-electron chi connectivity index (χ0n) is 6.19. The topological polar surface area (TPSA) is 51.2 Å². The van der Waals surface area contributed by atoms with Crippen molar-refractivity contribution < 1.29 is 19.3 Å². The predicted octanol–water partition coefficient (Wildman–Crippen LogP) is -0.369. The zero-order valence-corrected chi connectivity index (χ0v) is 6.19. The standard InChI is InChI=1S/C7H10O4/c1-3-5-6(11-5)4(8)7(9-2)10-3/h4-8H,1H2,2H3/t4-,5+,6-,7-/m1/s1. The number of hydrogen-bond donors (Lipinski definition) is 1. The Morgan fingerprint density at radius 1 is 1.64 bits per heavy atom. The second-order valence-corrected chi connectivity index (χ2v) is 2.70. The average Bonchev–Trinajstić information content (AvgIpc) is 2.75. The third-order valence-electron chi connectivity index (χ3n) is 1.96. The fraction of sp³-hybridized carbons (Fsp3) is 0.714. The molecule has 0 radical (unpaired) electrons. The average molecular weight is 158 g/mol. The Morgan fingerprint density at radius 2 is 2.36 bits per heavy atom. The fourth-order valence-electron chi connectivity index (χ4n) is 1.27. The maximum atomic E-state index is 9.38. The Morgan fingerprint density at radius 3 is 3.00 bits per heavy atom. The van der Waals surface area contributed by atoms with E-state index in [0.717, 1.165) is 0 Å². The minimum Gasteiger partial charge on any atom is -0.464 e. The van der Waals surface area contributed by atoms with Crippen LogP contribution in [0.3, 0.4) is 0 Å². The van der Waals surface area contributed by atoms with Crippen LogP contribution in [0.15, 0.2) is 12.3 Å². The summed E-state index contributed by atoms with van der Waals surface area (Å²) in [4.78, 5) is 0. The Hall–Kier alpha value is -0.580. The number of epoxide rings is 1. The smallest absolute Gasteiger partial charge is 0.228 e. The lowest BCUT2D eigenvalue weighted by Crippen LogP contribution is -2.40. The molecule has 2 fully saturated rings. The second-order valence-electron chi connectivity index (χ2n) is 2.70. The number of hydrogen-bond acceptors (Lipinski definition) is 4. The zero-order chi connectivity index (χ0) is 8.01. The molecule has 2 heterocycles. The molecule has 4 atom stereocenters. The van der Waals surface area contributed by atoms with Crippen LogP contribution in [0.1, 0.15) is 0 Å². The number of fused-ring (bicyclic) bond motifs is 1. The van der Waals surface area contributed by atoms with Gasteiger partial charge in [0.2, 0.25) is 6.29 Å². The second kappa shape index (κ2) is 2.20. The largest absolute Gasteiger partial charge is 0.464 e. The van der Waals surface area contributed by atoms with Crippen molar-refractivity contribution in [1.29, 1.82) is 0 Å². The minimum atomic E-state index is -0.685. The molecule has 0 aromatic carbocycles. The van der Waals surface area contributed by atoms with Crippen molar-refractivity contribution in [3.8, 4) is 0 Å². The molecule has 2 rings (SSSR count). The van der Waals surface area contributed by atoms with Gasteiger partial charge in [0.25, 0.3) is 0 Å². The molecule has 1 N–H and O–H groups in total. The van der Waals surface area contributed by atoms with E-state index in [1.165, 1.54) is 7.11 Å². The highest BCUT2D eigenvalue weighted by atomic mass is 16.7. The summed E-state index contributed by atoms with van der Waals surface area (Å²) >= 11 is 0. The lowest BCUT2D eigenvalue weighted by molar-refractivity contribution is -0.169. The van der Waals surface area contributed by atoms with Gasteiger partial charge < -0.3 is 19.3 Å². The molecule has 2 saturated heterocycles. The molecule has 0 bridgehead atoms. The van der Waals surface area contributed by atoms with E-state index in [9.17, 15) is 5.11 Å². The Bertz CT molecular complexity index is 191. The van der Waals surface area contributed by atoms with Crippen LogP contribution in [0.4, 0.5) is 0 Å². The molecule has 0 aromatic heterocycles. The molecule has 2 aliphatic heterocycles. The molecular formula is C7H10O4. The molecule has 4 nitrogen and oxygen atoms in total. The van der Waals surface area contributed by atoms with Gasteiger partial charge in [-0.05, 0) is 0 Å². The third kappa shape index (κ3) is 0.946. The summed E-state index contributed by atoms with van der Waals surface area (Å²) in [6, 6.07) is 0. The highest BCUT2D eigenvalue weighted by molar-refractivity contribution is 5.13. The molecule has 0 amide bonds. The summed E-state index contributed by atoms with van der Waals surface area (Å²) in [5.41, 5.74) is 0. The van der Waals surface area contributed by atoms with E-state index in [2.05, 4.69) is 6.58 Å². The van der Waals surface area contributed by atoms with E-state index in [4.69, 9.17) is 14.2 Å². The van der Waals surface area contributed by atoms with Crippen molar-refractivity contribution in [3.63, 3.8) is 0 Å². The molecule has 0 unspecified atom stereocenters. The fourth-order valence-corrected chi connectivity index (χ4v) is 1.27. The first-order chi connectivity index (χ1) is 5.24. The van der Waals surface area contributed by atoms with E-state index in [0.29, 0.717) is 5.76 Å². The summed E-state index contributed by atoms with van der Waals surface area (Å²) < 4.78 is 15.0. The van der Waals surface area contributed by atoms with E-state index < -0.39 is 12.4 Å². The Balaban J connectivity index is 2.08. The molecule has 4 heteroatoms. The summed E-state index contributed by atoms with van der Waals surface area (Å²) in [5, 5.41) is 9.38. The van der Waals surface area contributed by atoms with Crippen LogP contribution < -0.4 is 0 Å². The van der Waals surface area contributed by atoms with Gasteiger partial charge in [-0.2, -0.15) is 0 Å². The van der Waals surface area contributed by atoms with E-state index in [1.54, 1.807) is 0 Å². The molecule has 62 valence electrons. The third-order valence-corrected chi connectivity index (χ3v) is 1.96. The monoisotopic (exact) mass is 158 g/mol. The van der Waals surface area contributed by atoms with Crippen molar-refractivity contribution in [2.75, 3.05) is 7.11 Å². The summed E-state index contributed by atoms with van der Waals surface area (Å²) in [6.45, 7) is 3.63. The van der Waals surface area contributed by atoms with E-state index >= 15 is 0 Å². The van der Waals surface area contributed by atoms with Crippen molar-refractivity contribution in [3.05, 3.63) is 12.3 Å². The van der Waals surface area contributed by atoms with Crippen molar-refractivity contribution in [2.45, 2.75) is 24.6 Å². The molecule has 0 aromatic rings. The lowest BCUT2D eigenvalue weighted by Gasteiger charge is -2.25. The van der Waals surface area contributed by atoms with Gasteiger partial charge in [-0.1, -0.05) is 6.58 Å². The van der Waals surface area contributed by atoms with Crippen LogP contribution in [-0.4, -0.2) is 36.8 Å². The molecule has 2 aliphatic rings. The van der Waals surface area contributed by atoms with Crippen LogP contribution in [0.5, 0.6) is 0 Å². The van der Waals surface area contributed by atoms with Crippen LogP contribution in [0.25, 0.3) is 0 Å². The maximum Gasteiger partial charge on any atom is 0.228 e. The summed E-state index contributed by atoms with van der Waals surface area (Å²) in [5.74, 6) is 0.548. The Labute approximate surface area is 64.4 Å². The number of aliphatic hydroxyl groups is 1. The van der Waals surface area contributed by atoms with Gasteiger partial charge in [0.05, 0.1) is 0 Å². The summed E-state index contributed by atoms with van der Waals surface area (Å²) in [6.07, 6.45) is -1.58. The number of rotatable bonds is 1. The Kier molecular flexibility index (Phi) is 1.42. The molecular weight excluding hydrogens is 148 g/mol. The van der Waals surface area contributed by atoms with Crippen molar-refractivity contribution >= 4 is 0 Å². The van der Waals surface area contributed by atoms with Crippen LogP contribution in [0.2, 0.25) is 0 Å². The van der Waals surface area contributed by atoms with Crippen molar-refractivity contribution in [2.24, 2.45) is 0 Å². The van der Waals surface area contributed by atoms with Gasteiger partial charge >= 0.3 is 0 Å². The summed E-state index contributed by atoms with van der Waals surface area (Å²) in [7, 11) is 1.48. The van der Waals surface area contributed by atoms with Crippen LogP contribution in [-0.2, 0) is 14.2 Å². The highest BCUT2D eigenvalue weighted by Gasteiger charge is 2.55. The lowest BCUT2D eigenvalue weighted by atomic mass is 10.1. The predicted molar refractivity (Wildman–Crippen MR) is 35.7 cm³/mol. The quantitative estimate of drug-likeness (QED) is 0.529. The van der Waals surface area contributed by atoms with Gasteiger partial charge in [-0.15, -0.1) is 0 Å². The van der Waals surface area contributed by atoms with Gasteiger partial charge in [0, 0.05) is 7.11 Å². The molecule has 0 aliphatic carbocycles. The molecule has 11 heavy (non-hydrogen) atoms. The van der Waals surface area contributed by atoms with Gasteiger partial charge in [-0.25, -0.2) is 0 Å². The normalized spacial score (nSPS) is 48.0. The first-order valence-corrected chi connectivity index (χ1v) is 3.46. The van der Waals surface area contributed by atoms with Gasteiger partial charge in [0.15, 0.2) is 0 Å². The number of methoxy groups -OCH3 is 1. The molecule has 0 saturated carbocycles. The highest BCUT2D eigenvalue weighted by Crippen LogP contribution is 2.38. The minimum absolute atomic E-state index is 0.114. The first kappa shape index (κ1) is 7.09. The van der Waals surface area contributed by atoms with Gasteiger partial charge in [0.1, 0.15) is 24.1 Å². The SMILES string of the molecule is C=C1O[C@@H](OC)[C@H](O)[C@H]2O[C@@H]12. The van der Waals surface area contributed by atoms with Crippen LogP contribution >= 0.6 is 0 Å². The number of aliphatic hydroxyl groups excluding tert-OH is 1. The van der Waals surface area contributed by atoms with Crippen molar-refractivity contribution in [1.82, 2.24) is 0 Å². The van der Waals surface area contributed by atoms with Crippen LogP contribution in [0, 0.1) is 0 Å². The maximum absolute atomic E-state index is 9.38.